The molecule has 1 heterocycles. The normalized spacial score (nSPS) is 35.6. The molecular formula is C12H23FN2. The van der Waals surface area contributed by atoms with Crippen molar-refractivity contribution in [3.63, 3.8) is 0 Å². The van der Waals surface area contributed by atoms with Gasteiger partial charge in [0.1, 0.15) is 0 Å². The van der Waals surface area contributed by atoms with E-state index >= 15 is 0 Å². The zero-order valence-electron chi connectivity index (χ0n) is 9.79. The van der Waals surface area contributed by atoms with Crippen LogP contribution in [0.2, 0.25) is 0 Å². The lowest BCUT2D eigenvalue weighted by Gasteiger charge is -2.40. The summed E-state index contributed by atoms with van der Waals surface area (Å²) in [7, 11) is 2.19. The third kappa shape index (κ3) is 2.91. The number of hydrogen-bond acceptors (Lipinski definition) is 2. The Balaban J connectivity index is 1.75. The molecule has 0 aromatic heterocycles. The van der Waals surface area contributed by atoms with E-state index in [-0.39, 0.29) is 6.67 Å². The van der Waals surface area contributed by atoms with Crippen LogP contribution in [0.1, 0.15) is 25.7 Å². The lowest BCUT2D eigenvalue weighted by atomic mass is 9.86. The van der Waals surface area contributed by atoms with Crippen molar-refractivity contribution >= 4 is 0 Å². The van der Waals surface area contributed by atoms with E-state index in [1.165, 1.54) is 39.0 Å². The van der Waals surface area contributed by atoms with Crippen LogP contribution in [0.4, 0.5) is 4.39 Å². The van der Waals surface area contributed by atoms with Crippen molar-refractivity contribution in [2.45, 2.75) is 31.7 Å². The van der Waals surface area contributed by atoms with Crippen molar-refractivity contribution in [2.75, 3.05) is 39.9 Å². The van der Waals surface area contributed by atoms with Crippen LogP contribution >= 0.6 is 0 Å². The Hall–Kier alpha value is -0.150. The summed E-state index contributed by atoms with van der Waals surface area (Å²) in [5.41, 5.74) is 0. The average Bonchev–Trinajstić information content (AvgIpc) is 2.30. The topological polar surface area (TPSA) is 6.48 Å². The summed E-state index contributed by atoms with van der Waals surface area (Å²) < 4.78 is 12.5. The zero-order valence-corrected chi connectivity index (χ0v) is 9.79. The van der Waals surface area contributed by atoms with Crippen molar-refractivity contribution in [1.29, 1.82) is 0 Å². The molecule has 2 fully saturated rings. The number of halogens is 1. The van der Waals surface area contributed by atoms with Gasteiger partial charge in [-0.2, -0.15) is 0 Å². The highest BCUT2D eigenvalue weighted by atomic mass is 19.1. The molecule has 0 spiro atoms. The maximum Gasteiger partial charge on any atom is 0.0922 e. The second-order valence-electron chi connectivity index (χ2n) is 5.17. The largest absolute Gasteiger partial charge is 0.304 e. The molecule has 0 N–H and O–H groups in total. The van der Waals surface area contributed by atoms with Crippen molar-refractivity contribution in [1.82, 2.24) is 9.80 Å². The molecule has 0 radical (unpaired) electrons. The lowest BCUT2D eigenvalue weighted by molar-refractivity contribution is 0.0779. The molecule has 1 saturated heterocycles. The van der Waals surface area contributed by atoms with Crippen LogP contribution in [-0.4, -0.2) is 55.7 Å². The van der Waals surface area contributed by atoms with Crippen molar-refractivity contribution < 1.29 is 4.39 Å². The van der Waals surface area contributed by atoms with Crippen LogP contribution in [0, 0.1) is 5.92 Å². The van der Waals surface area contributed by atoms with E-state index in [4.69, 9.17) is 0 Å². The first-order chi connectivity index (χ1) is 7.29. The summed E-state index contributed by atoms with van der Waals surface area (Å²) in [6.07, 6.45) is 4.65. The summed E-state index contributed by atoms with van der Waals surface area (Å²) in [5.74, 6) is 0.369. The first kappa shape index (κ1) is 11.3. The minimum Gasteiger partial charge on any atom is -0.304 e. The van der Waals surface area contributed by atoms with Gasteiger partial charge in [-0.25, -0.2) is 0 Å². The van der Waals surface area contributed by atoms with E-state index in [9.17, 15) is 4.39 Å². The number of likely N-dealkylation sites (N-methyl/N-ethyl adjacent to an activating group) is 1. The summed E-state index contributed by atoms with van der Waals surface area (Å²) in [5, 5.41) is 0. The quantitative estimate of drug-likeness (QED) is 0.691. The third-order valence-electron chi connectivity index (χ3n) is 4.09. The van der Waals surface area contributed by atoms with Crippen LogP contribution in [-0.2, 0) is 0 Å². The first-order valence-corrected chi connectivity index (χ1v) is 6.28. The fraction of sp³-hybridized carbons (Fsp3) is 1.00. The van der Waals surface area contributed by atoms with Crippen molar-refractivity contribution in [2.24, 2.45) is 5.92 Å². The fourth-order valence-corrected chi connectivity index (χ4v) is 2.85. The van der Waals surface area contributed by atoms with Gasteiger partial charge in [0.15, 0.2) is 0 Å². The SMILES string of the molecule is CN1CCN([C@H]2CC[C@@H](CF)CC2)CC1. The molecule has 1 aliphatic heterocycles. The molecule has 0 aromatic carbocycles. The van der Waals surface area contributed by atoms with Crippen LogP contribution in [0.5, 0.6) is 0 Å². The first-order valence-electron chi connectivity index (χ1n) is 6.28. The second kappa shape index (κ2) is 5.26. The van der Waals surface area contributed by atoms with Gasteiger partial charge in [0.05, 0.1) is 6.67 Å². The van der Waals surface area contributed by atoms with Crippen LogP contribution in [0.15, 0.2) is 0 Å². The molecular weight excluding hydrogens is 191 g/mol. The molecule has 2 nitrogen and oxygen atoms in total. The van der Waals surface area contributed by atoms with Gasteiger partial charge in [-0.15, -0.1) is 0 Å². The highest BCUT2D eigenvalue weighted by Gasteiger charge is 2.27. The Morgan fingerprint density at radius 3 is 2.13 bits per heavy atom. The van der Waals surface area contributed by atoms with E-state index in [2.05, 4.69) is 16.8 Å². The second-order valence-corrected chi connectivity index (χ2v) is 5.17. The third-order valence-corrected chi connectivity index (χ3v) is 4.09. The van der Waals surface area contributed by atoms with Crippen molar-refractivity contribution in [3.05, 3.63) is 0 Å². The summed E-state index contributed by atoms with van der Waals surface area (Å²) >= 11 is 0. The van der Waals surface area contributed by atoms with E-state index in [1.54, 1.807) is 0 Å². The molecule has 0 amide bonds. The highest BCUT2D eigenvalue weighted by Crippen LogP contribution is 2.28. The number of rotatable bonds is 2. The molecule has 1 aliphatic carbocycles. The molecule has 15 heavy (non-hydrogen) atoms. The molecule has 2 rings (SSSR count). The molecule has 1 saturated carbocycles. The summed E-state index contributed by atoms with van der Waals surface area (Å²) in [6, 6.07) is 0.751. The van der Waals surface area contributed by atoms with Gasteiger partial charge in [0.2, 0.25) is 0 Å². The van der Waals surface area contributed by atoms with E-state index in [0.717, 1.165) is 18.9 Å². The zero-order chi connectivity index (χ0) is 10.7. The van der Waals surface area contributed by atoms with Gasteiger partial charge in [0.25, 0.3) is 0 Å². The van der Waals surface area contributed by atoms with Crippen LogP contribution < -0.4 is 0 Å². The lowest BCUT2D eigenvalue weighted by Crippen LogP contribution is -2.49. The number of piperazine rings is 1. The Labute approximate surface area is 92.4 Å². The standard InChI is InChI=1S/C12H23FN2/c1-14-6-8-15(9-7-14)12-4-2-11(10-13)3-5-12/h11-12H,2-10H2,1H3/t11-,12+. The van der Waals surface area contributed by atoms with Gasteiger partial charge in [-0.3, -0.25) is 9.29 Å². The smallest absolute Gasteiger partial charge is 0.0922 e. The predicted molar refractivity (Wildman–Crippen MR) is 60.8 cm³/mol. The minimum atomic E-state index is -0.102. The minimum absolute atomic E-state index is 0.102. The Kier molecular flexibility index (Phi) is 3.98. The predicted octanol–water partition coefficient (Wildman–Crippen LogP) is 1.76. The van der Waals surface area contributed by atoms with Crippen LogP contribution in [0.25, 0.3) is 0 Å². The Bertz CT molecular complexity index is 182. The van der Waals surface area contributed by atoms with Gasteiger partial charge in [-0.05, 0) is 38.6 Å². The number of nitrogens with zero attached hydrogens (tertiary/aromatic N) is 2. The van der Waals surface area contributed by atoms with Gasteiger partial charge in [-0.1, -0.05) is 0 Å². The molecule has 0 bridgehead atoms. The molecule has 88 valence electrons. The van der Waals surface area contributed by atoms with E-state index < -0.39 is 0 Å². The van der Waals surface area contributed by atoms with E-state index in [1.807, 2.05) is 0 Å². The van der Waals surface area contributed by atoms with Gasteiger partial charge >= 0.3 is 0 Å². The summed E-state index contributed by atoms with van der Waals surface area (Å²) in [6.45, 7) is 4.71. The summed E-state index contributed by atoms with van der Waals surface area (Å²) in [4.78, 5) is 5.01. The molecule has 0 atom stereocenters. The maximum atomic E-state index is 12.5. The fourth-order valence-electron chi connectivity index (χ4n) is 2.85. The molecule has 0 aromatic rings. The maximum absolute atomic E-state index is 12.5. The Morgan fingerprint density at radius 2 is 1.60 bits per heavy atom. The van der Waals surface area contributed by atoms with Crippen molar-refractivity contribution in [3.8, 4) is 0 Å². The monoisotopic (exact) mass is 214 g/mol. The van der Waals surface area contributed by atoms with E-state index in [0.29, 0.717) is 5.92 Å². The number of hydrogen-bond donors (Lipinski definition) is 0. The van der Waals surface area contributed by atoms with Gasteiger partial charge in [0, 0.05) is 32.2 Å². The molecule has 3 heteroatoms. The van der Waals surface area contributed by atoms with Gasteiger partial charge < -0.3 is 4.90 Å². The highest BCUT2D eigenvalue weighted by molar-refractivity contribution is 4.82. The van der Waals surface area contributed by atoms with Crippen LogP contribution in [0.3, 0.4) is 0 Å². The molecule has 2 aliphatic rings. The average molecular weight is 214 g/mol. The Morgan fingerprint density at radius 1 is 1.00 bits per heavy atom. The molecule has 0 unspecified atom stereocenters. The number of alkyl halides is 1.